The number of alkyl halides is 2. The van der Waals surface area contributed by atoms with E-state index in [9.17, 15) is 13.6 Å². The summed E-state index contributed by atoms with van der Waals surface area (Å²) in [5.74, 6) is 0.830. The van der Waals surface area contributed by atoms with Crippen LogP contribution in [0.5, 0.6) is 11.5 Å². The van der Waals surface area contributed by atoms with Crippen molar-refractivity contribution in [1.82, 2.24) is 4.90 Å². The molecule has 1 aromatic carbocycles. The van der Waals surface area contributed by atoms with Crippen molar-refractivity contribution in [3.63, 3.8) is 0 Å². The minimum absolute atomic E-state index is 0.00103. The van der Waals surface area contributed by atoms with Gasteiger partial charge in [-0.2, -0.15) is 8.78 Å². The van der Waals surface area contributed by atoms with Gasteiger partial charge in [-0.15, -0.1) is 0 Å². The Morgan fingerprint density at radius 1 is 1.38 bits per heavy atom. The van der Waals surface area contributed by atoms with E-state index in [4.69, 9.17) is 10.5 Å². The van der Waals surface area contributed by atoms with Gasteiger partial charge in [0.05, 0.1) is 6.61 Å². The Morgan fingerprint density at radius 2 is 2.15 bits per heavy atom. The van der Waals surface area contributed by atoms with Crippen molar-refractivity contribution < 1.29 is 23.0 Å². The molecule has 1 amide bonds. The van der Waals surface area contributed by atoms with Crippen LogP contribution >= 0.6 is 0 Å². The Kier molecular flexibility index (Phi) is 5.80. The highest BCUT2D eigenvalue weighted by molar-refractivity contribution is 5.74. The predicted octanol–water partition coefficient (Wildman–Crippen LogP) is 2.44. The maximum Gasteiger partial charge on any atom is 0.387 e. The van der Waals surface area contributed by atoms with E-state index >= 15 is 0 Å². The third-order valence-electron chi connectivity index (χ3n) is 4.79. The second-order valence-electron chi connectivity index (χ2n) is 6.93. The number of hydrogen-bond acceptors (Lipinski definition) is 5. The standard InChI is InChI=1S/C18H25F2N3O3/c1-11(24)23-9-14(6-15(23)8-21)22-13-4-5-16(26-18(19)20)17(7-13)25-10-12-2-3-12/h4-5,7,12,14-15,18,22H,2-3,6,8-10,21H2,1H3/t14-,15+/m0/s1. The van der Waals surface area contributed by atoms with E-state index in [0.29, 0.717) is 31.4 Å². The van der Waals surface area contributed by atoms with E-state index in [1.807, 2.05) is 0 Å². The van der Waals surface area contributed by atoms with E-state index < -0.39 is 6.61 Å². The third kappa shape index (κ3) is 4.75. The summed E-state index contributed by atoms with van der Waals surface area (Å²) in [4.78, 5) is 13.5. The molecule has 2 fully saturated rings. The molecule has 2 aliphatic rings. The Labute approximate surface area is 151 Å². The number of hydrogen-bond donors (Lipinski definition) is 2. The normalized spacial score (nSPS) is 22.6. The SMILES string of the molecule is CC(=O)N1C[C@@H](Nc2ccc(OC(F)F)c(OCC3CC3)c2)C[C@@H]1CN. The van der Waals surface area contributed by atoms with E-state index in [1.165, 1.54) is 13.0 Å². The number of nitrogens with one attached hydrogen (secondary N) is 1. The van der Waals surface area contributed by atoms with Gasteiger partial charge in [-0.3, -0.25) is 4.79 Å². The van der Waals surface area contributed by atoms with E-state index in [2.05, 4.69) is 10.1 Å². The maximum absolute atomic E-state index is 12.6. The monoisotopic (exact) mass is 369 g/mol. The molecule has 0 bridgehead atoms. The number of nitrogens with two attached hydrogens (primary N) is 1. The van der Waals surface area contributed by atoms with Crippen LogP contribution in [0.25, 0.3) is 0 Å². The molecule has 3 rings (SSSR count). The molecule has 1 saturated heterocycles. The van der Waals surface area contributed by atoms with E-state index in [1.54, 1.807) is 17.0 Å². The van der Waals surface area contributed by atoms with Crippen LogP contribution in [0.1, 0.15) is 26.2 Å². The van der Waals surface area contributed by atoms with Gasteiger partial charge in [0.2, 0.25) is 5.91 Å². The first kappa shape index (κ1) is 18.7. The van der Waals surface area contributed by atoms with Crippen LogP contribution in [0.4, 0.5) is 14.5 Å². The first-order valence-electron chi connectivity index (χ1n) is 8.91. The zero-order chi connectivity index (χ0) is 18.7. The summed E-state index contributed by atoms with van der Waals surface area (Å²) < 4.78 is 35.4. The number of amides is 1. The number of ether oxygens (including phenoxy) is 2. The molecule has 6 nitrogen and oxygen atoms in total. The van der Waals surface area contributed by atoms with Crippen LogP contribution in [0.3, 0.4) is 0 Å². The fourth-order valence-electron chi connectivity index (χ4n) is 3.26. The first-order chi connectivity index (χ1) is 12.5. The molecule has 26 heavy (non-hydrogen) atoms. The molecular formula is C18H25F2N3O3. The van der Waals surface area contributed by atoms with Gasteiger partial charge in [0.15, 0.2) is 11.5 Å². The molecule has 1 aliphatic carbocycles. The summed E-state index contributed by atoms with van der Waals surface area (Å²) in [6.07, 6.45) is 2.95. The quantitative estimate of drug-likeness (QED) is 0.736. The van der Waals surface area contributed by atoms with Crippen molar-refractivity contribution in [3.8, 4) is 11.5 Å². The number of rotatable bonds is 8. The smallest absolute Gasteiger partial charge is 0.387 e. The van der Waals surface area contributed by atoms with Gasteiger partial charge in [-0.25, -0.2) is 0 Å². The molecule has 8 heteroatoms. The van der Waals surface area contributed by atoms with Crippen LogP contribution in [0.15, 0.2) is 18.2 Å². The fourth-order valence-corrected chi connectivity index (χ4v) is 3.26. The third-order valence-corrected chi connectivity index (χ3v) is 4.79. The molecule has 0 radical (unpaired) electrons. The molecule has 0 unspecified atom stereocenters. The molecule has 0 spiro atoms. The van der Waals surface area contributed by atoms with Crippen LogP contribution in [0, 0.1) is 5.92 Å². The molecule has 2 atom stereocenters. The highest BCUT2D eigenvalue weighted by Crippen LogP contribution is 2.35. The Hall–Kier alpha value is -2.09. The van der Waals surface area contributed by atoms with Crippen LogP contribution < -0.4 is 20.5 Å². The van der Waals surface area contributed by atoms with Crippen LogP contribution in [0.2, 0.25) is 0 Å². The lowest BCUT2D eigenvalue weighted by atomic mass is 10.1. The van der Waals surface area contributed by atoms with Crippen molar-refractivity contribution in [2.24, 2.45) is 11.7 Å². The largest absolute Gasteiger partial charge is 0.489 e. The van der Waals surface area contributed by atoms with E-state index in [0.717, 1.165) is 24.9 Å². The average Bonchev–Trinajstić information content (AvgIpc) is 3.33. The molecule has 0 aromatic heterocycles. The zero-order valence-corrected chi connectivity index (χ0v) is 14.8. The minimum atomic E-state index is -2.90. The summed E-state index contributed by atoms with van der Waals surface area (Å²) in [6.45, 7) is 0.103. The Morgan fingerprint density at radius 3 is 2.73 bits per heavy atom. The molecule has 1 heterocycles. The summed E-state index contributed by atoms with van der Waals surface area (Å²) in [7, 11) is 0. The van der Waals surface area contributed by atoms with Crippen molar-refractivity contribution >= 4 is 11.6 Å². The number of anilines is 1. The highest BCUT2D eigenvalue weighted by Gasteiger charge is 2.32. The highest BCUT2D eigenvalue weighted by atomic mass is 19.3. The van der Waals surface area contributed by atoms with Gasteiger partial charge >= 0.3 is 6.61 Å². The topological polar surface area (TPSA) is 76.8 Å². The Bertz CT molecular complexity index is 640. The number of benzene rings is 1. The zero-order valence-electron chi connectivity index (χ0n) is 14.8. The van der Waals surface area contributed by atoms with Crippen molar-refractivity contribution in [2.75, 3.05) is 25.0 Å². The number of halogens is 2. The average molecular weight is 369 g/mol. The number of nitrogens with zero attached hydrogens (tertiary/aromatic N) is 1. The summed E-state index contributed by atoms with van der Waals surface area (Å²) in [5, 5.41) is 3.34. The minimum Gasteiger partial charge on any atom is -0.489 e. The first-order valence-corrected chi connectivity index (χ1v) is 8.91. The Balaban J connectivity index is 1.68. The summed E-state index contributed by atoms with van der Waals surface area (Å²) in [5.41, 5.74) is 6.49. The van der Waals surface area contributed by atoms with Crippen molar-refractivity contribution in [3.05, 3.63) is 18.2 Å². The second kappa shape index (κ2) is 8.07. The van der Waals surface area contributed by atoms with Gasteiger partial charge in [0.25, 0.3) is 0 Å². The number of likely N-dealkylation sites (tertiary alicyclic amines) is 1. The lowest BCUT2D eigenvalue weighted by molar-refractivity contribution is -0.129. The fraction of sp³-hybridized carbons (Fsp3) is 0.611. The molecule has 1 saturated carbocycles. The van der Waals surface area contributed by atoms with Gasteiger partial charge in [0.1, 0.15) is 0 Å². The summed E-state index contributed by atoms with van der Waals surface area (Å²) in [6, 6.07) is 4.89. The van der Waals surface area contributed by atoms with Crippen molar-refractivity contribution in [2.45, 2.75) is 44.9 Å². The van der Waals surface area contributed by atoms with Gasteiger partial charge in [-0.1, -0.05) is 0 Å². The van der Waals surface area contributed by atoms with Crippen molar-refractivity contribution in [1.29, 1.82) is 0 Å². The summed E-state index contributed by atoms with van der Waals surface area (Å²) >= 11 is 0. The van der Waals surface area contributed by atoms with Gasteiger partial charge < -0.3 is 25.4 Å². The second-order valence-corrected chi connectivity index (χ2v) is 6.93. The van der Waals surface area contributed by atoms with Gasteiger partial charge in [0, 0.05) is 43.9 Å². The predicted molar refractivity (Wildman–Crippen MR) is 93.6 cm³/mol. The van der Waals surface area contributed by atoms with E-state index in [-0.39, 0.29) is 23.7 Å². The molecule has 3 N–H and O–H groups in total. The number of carbonyl (C=O) groups excluding carboxylic acids is 1. The molecule has 144 valence electrons. The van der Waals surface area contributed by atoms with Crippen LogP contribution in [-0.4, -0.2) is 49.2 Å². The number of carbonyl (C=O) groups is 1. The molecule has 1 aromatic rings. The van der Waals surface area contributed by atoms with Crippen LogP contribution in [-0.2, 0) is 4.79 Å². The lowest BCUT2D eigenvalue weighted by Gasteiger charge is -2.21. The van der Waals surface area contributed by atoms with Gasteiger partial charge in [-0.05, 0) is 37.3 Å². The lowest BCUT2D eigenvalue weighted by Crippen LogP contribution is -2.38. The molecular weight excluding hydrogens is 344 g/mol. The molecule has 1 aliphatic heterocycles. The maximum atomic E-state index is 12.6.